The molecule has 1 aromatic carbocycles. The number of urea groups is 1. The molecule has 0 aliphatic carbocycles. The third kappa shape index (κ3) is 6.55. The van der Waals surface area contributed by atoms with E-state index in [0.29, 0.717) is 5.75 Å². The normalized spacial score (nSPS) is 11.5. The third-order valence-corrected chi connectivity index (χ3v) is 3.14. The average molecular weight is 336 g/mol. The van der Waals surface area contributed by atoms with E-state index in [4.69, 9.17) is 10.5 Å². The predicted octanol–water partition coefficient (Wildman–Crippen LogP) is 0.523. The zero-order chi connectivity index (χ0) is 18.3. The molecule has 0 aliphatic heterocycles. The van der Waals surface area contributed by atoms with Gasteiger partial charge in [-0.1, -0.05) is 19.9 Å². The topological polar surface area (TPSA) is 123 Å². The number of benzene rings is 1. The second-order valence-corrected chi connectivity index (χ2v) is 5.88. The fourth-order valence-electron chi connectivity index (χ4n) is 2.10. The first-order valence-corrected chi connectivity index (χ1v) is 7.54. The maximum atomic E-state index is 12.0. The lowest BCUT2D eigenvalue weighted by Crippen LogP contribution is -2.55. The van der Waals surface area contributed by atoms with Crippen molar-refractivity contribution in [1.29, 1.82) is 0 Å². The molecule has 4 amide bonds. The Balaban J connectivity index is 2.47. The van der Waals surface area contributed by atoms with Gasteiger partial charge in [0.1, 0.15) is 11.8 Å². The number of aryl methyl sites for hydroxylation is 2. The van der Waals surface area contributed by atoms with Crippen LogP contribution in [0.3, 0.4) is 0 Å². The van der Waals surface area contributed by atoms with Crippen molar-refractivity contribution in [3.05, 3.63) is 29.3 Å². The lowest BCUT2D eigenvalue weighted by molar-refractivity contribution is -0.131. The summed E-state index contributed by atoms with van der Waals surface area (Å²) in [6.07, 6.45) is 0. The van der Waals surface area contributed by atoms with Gasteiger partial charge < -0.3 is 15.8 Å². The summed E-state index contributed by atoms with van der Waals surface area (Å²) in [5, 5.41) is 2.32. The second kappa shape index (κ2) is 8.76. The molecule has 0 saturated carbocycles. The van der Waals surface area contributed by atoms with Crippen LogP contribution in [0.1, 0.15) is 25.0 Å². The quantitative estimate of drug-likeness (QED) is 0.566. The summed E-state index contributed by atoms with van der Waals surface area (Å²) in [6.45, 7) is 7.09. The highest BCUT2D eigenvalue weighted by Crippen LogP contribution is 2.15. The van der Waals surface area contributed by atoms with Gasteiger partial charge in [-0.2, -0.15) is 0 Å². The van der Waals surface area contributed by atoms with Gasteiger partial charge in [0, 0.05) is 0 Å². The molecule has 1 atom stereocenters. The Morgan fingerprint density at radius 2 is 1.67 bits per heavy atom. The highest BCUT2D eigenvalue weighted by Gasteiger charge is 2.23. The number of hydrogen-bond acceptors (Lipinski definition) is 4. The minimum atomic E-state index is -0.844. The molecule has 8 heteroatoms. The number of carbonyl (C=O) groups excluding carboxylic acids is 3. The van der Waals surface area contributed by atoms with Gasteiger partial charge in [0.25, 0.3) is 11.8 Å². The summed E-state index contributed by atoms with van der Waals surface area (Å²) in [5.74, 6) is -0.710. The number of primary amides is 1. The molecule has 1 aromatic rings. The maximum absolute atomic E-state index is 12.0. The van der Waals surface area contributed by atoms with Crippen molar-refractivity contribution in [2.45, 2.75) is 33.7 Å². The molecule has 0 aliphatic rings. The molecule has 24 heavy (non-hydrogen) atoms. The fourth-order valence-corrected chi connectivity index (χ4v) is 2.10. The van der Waals surface area contributed by atoms with Crippen LogP contribution in [0.2, 0.25) is 0 Å². The van der Waals surface area contributed by atoms with Crippen LogP contribution in [0, 0.1) is 19.8 Å². The van der Waals surface area contributed by atoms with Crippen molar-refractivity contribution < 1.29 is 19.1 Å². The molecule has 0 radical (unpaired) electrons. The largest absolute Gasteiger partial charge is 0.484 e. The predicted molar refractivity (Wildman–Crippen MR) is 89.0 cm³/mol. The Bertz CT molecular complexity index is 596. The molecule has 132 valence electrons. The van der Waals surface area contributed by atoms with E-state index < -0.39 is 23.9 Å². The van der Waals surface area contributed by atoms with Gasteiger partial charge >= 0.3 is 6.03 Å². The molecule has 0 heterocycles. The monoisotopic (exact) mass is 336 g/mol. The van der Waals surface area contributed by atoms with Crippen LogP contribution in [0.4, 0.5) is 4.79 Å². The fraction of sp³-hybridized carbons (Fsp3) is 0.438. The van der Waals surface area contributed by atoms with E-state index in [1.807, 2.05) is 32.0 Å². The molecule has 5 N–H and O–H groups in total. The van der Waals surface area contributed by atoms with Gasteiger partial charge in [-0.25, -0.2) is 4.79 Å². The molecule has 1 rings (SSSR count). The standard InChI is InChI=1S/C16H24N4O4/c1-9(2)14(18-16(17)23)15(22)20-19-13(21)8-24-12-6-10(3)5-11(4)7-12/h5-7,9,14H,8H2,1-4H3,(H,19,21)(H,20,22)(H3,17,18,23)/t14-/m0/s1. The first-order chi connectivity index (χ1) is 11.2. The number of hydrogen-bond donors (Lipinski definition) is 4. The molecule has 0 aromatic heterocycles. The van der Waals surface area contributed by atoms with Crippen LogP contribution < -0.4 is 26.6 Å². The van der Waals surface area contributed by atoms with Gasteiger partial charge in [0.2, 0.25) is 0 Å². The zero-order valence-corrected chi connectivity index (χ0v) is 14.3. The Morgan fingerprint density at radius 1 is 1.08 bits per heavy atom. The smallest absolute Gasteiger partial charge is 0.312 e. The Hall–Kier alpha value is -2.77. The van der Waals surface area contributed by atoms with E-state index in [2.05, 4.69) is 16.2 Å². The lowest BCUT2D eigenvalue weighted by Gasteiger charge is -2.20. The molecule has 0 spiro atoms. The molecular formula is C16H24N4O4. The first-order valence-electron chi connectivity index (χ1n) is 7.54. The van der Waals surface area contributed by atoms with Crippen LogP contribution in [-0.2, 0) is 9.59 Å². The van der Waals surface area contributed by atoms with Crippen molar-refractivity contribution >= 4 is 17.8 Å². The molecular weight excluding hydrogens is 312 g/mol. The molecule has 0 unspecified atom stereocenters. The summed E-state index contributed by atoms with van der Waals surface area (Å²) in [4.78, 5) is 34.6. The molecule has 0 fully saturated rings. The van der Waals surface area contributed by atoms with E-state index in [1.54, 1.807) is 13.8 Å². The molecule has 0 bridgehead atoms. The van der Waals surface area contributed by atoms with Crippen molar-refractivity contribution in [2.24, 2.45) is 11.7 Å². The van der Waals surface area contributed by atoms with E-state index in [9.17, 15) is 14.4 Å². The van der Waals surface area contributed by atoms with E-state index in [1.165, 1.54) is 0 Å². The zero-order valence-electron chi connectivity index (χ0n) is 14.3. The van der Waals surface area contributed by atoms with Crippen LogP contribution in [0.25, 0.3) is 0 Å². The number of rotatable bonds is 6. The summed E-state index contributed by atoms with van der Waals surface area (Å²) < 4.78 is 5.38. The molecule has 8 nitrogen and oxygen atoms in total. The van der Waals surface area contributed by atoms with Crippen molar-refractivity contribution in [1.82, 2.24) is 16.2 Å². The number of hydrazine groups is 1. The summed E-state index contributed by atoms with van der Waals surface area (Å²) in [6, 6.07) is 3.95. The van der Waals surface area contributed by atoms with Gasteiger partial charge in [-0.05, 0) is 43.0 Å². The van der Waals surface area contributed by atoms with Crippen LogP contribution in [0.5, 0.6) is 5.75 Å². The van der Waals surface area contributed by atoms with E-state index in [0.717, 1.165) is 11.1 Å². The highest BCUT2D eigenvalue weighted by molar-refractivity contribution is 5.88. The lowest BCUT2D eigenvalue weighted by atomic mass is 10.0. The van der Waals surface area contributed by atoms with E-state index in [-0.39, 0.29) is 12.5 Å². The SMILES string of the molecule is Cc1cc(C)cc(OCC(=O)NNC(=O)[C@@H](NC(N)=O)C(C)C)c1. The number of nitrogens with one attached hydrogen (secondary N) is 3. The van der Waals surface area contributed by atoms with Gasteiger partial charge in [-0.15, -0.1) is 0 Å². The third-order valence-electron chi connectivity index (χ3n) is 3.14. The minimum Gasteiger partial charge on any atom is -0.484 e. The number of nitrogens with two attached hydrogens (primary N) is 1. The Kier molecular flexibility index (Phi) is 7.03. The van der Waals surface area contributed by atoms with Crippen LogP contribution in [-0.4, -0.2) is 30.5 Å². The summed E-state index contributed by atoms with van der Waals surface area (Å²) in [5.41, 5.74) is 11.5. The van der Waals surface area contributed by atoms with Gasteiger partial charge in [0.05, 0.1) is 0 Å². The van der Waals surface area contributed by atoms with Gasteiger partial charge in [-0.3, -0.25) is 20.4 Å². The summed E-state index contributed by atoms with van der Waals surface area (Å²) in [7, 11) is 0. The number of ether oxygens (including phenoxy) is 1. The number of carbonyl (C=O) groups is 3. The van der Waals surface area contributed by atoms with E-state index >= 15 is 0 Å². The van der Waals surface area contributed by atoms with Crippen LogP contribution in [0.15, 0.2) is 18.2 Å². The summed E-state index contributed by atoms with van der Waals surface area (Å²) >= 11 is 0. The maximum Gasteiger partial charge on any atom is 0.312 e. The van der Waals surface area contributed by atoms with Crippen molar-refractivity contribution in [3.8, 4) is 5.75 Å². The van der Waals surface area contributed by atoms with Crippen molar-refractivity contribution in [3.63, 3.8) is 0 Å². The minimum absolute atomic E-state index is 0.194. The van der Waals surface area contributed by atoms with Gasteiger partial charge in [0.15, 0.2) is 6.61 Å². The Labute approximate surface area is 141 Å². The molecule has 0 saturated heterocycles. The van der Waals surface area contributed by atoms with Crippen molar-refractivity contribution in [2.75, 3.05) is 6.61 Å². The second-order valence-electron chi connectivity index (χ2n) is 5.88. The highest BCUT2D eigenvalue weighted by atomic mass is 16.5. The number of amides is 4. The first kappa shape index (κ1) is 19.3. The Morgan fingerprint density at radius 3 is 2.17 bits per heavy atom. The van der Waals surface area contributed by atoms with Crippen LogP contribution >= 0.6 is 0 Å². The average Bonchev–Trinajstić information content (AvgIpc) is 2.46.